The molecular formula is C22H33N3O8. The maximum Gasteiger partial charge on any atom is 0.408 e. The fraction of sp³-hybridized carbons (Fsp3) is 0.591. The number of hydrogen-bond donors (Lipinski definition) is 2. The fourth-order valence-electron chi connectivity index (χ4n) is 2.48. The Hall–Kier alpha value is -3.37. The first-order valence-corrected chi connectivity index (χ1v) is 10.5. The van der Waals surface area contributed by atoms with Crippen molar-refractivity contribution >= 4 is 23.8 Å². The number of nitrogens with zero attached hydrogens (tertiary/aromatic N) is 1. The van der Waals surface area contributed by atoms with E-state index in [4.69, 9.17) is 14.2 Å². The van der Waals surface area contributed by atoms with Gasteiger partial charge in [-0.05, 0) is 72.1 Å². The molecular weight excluding hydrogens is 434 g/mol. The number of benzene rings is 1. The highest BCUT2D eigenvalue weighted by Crippen LogP contribution is 2.14. The minimum absolute atomic E-state index is 0.0768. The molecule has 33 heavy (non-hydrogen) atoms. The second kappa shape index (κ2) is 12.0. The SMILES string of the molecule is CC(C)(C)OC(=O)NCCC[C@H](NC(=O)OC(C)(C)C)C(=O)OCc1ccc([N+](=O)[O-])cc1. The zero-order chi connectivity index (χ0) is 25.2. The third-order valence-electron chi connectivity index (χ3n) is 3.84. The largest absolute Gasteiger partial charge is 0.459 e. The van der Waals surface area contributed by atoms with E-state index in [0.717, 1.165) is 0 Å². The van der Waals surface area contributed by atoms with Crippen molar-refractivity contribution in [2.24, 2.45) is 0 Å². The van der Waals surface area contributed by atoms with Crippen molar-refractivity contribution in [3.8, 4) is 0 Å². The number of hydrogen-bond acceptors (Lipinski definition) is 8. The summed E-state index contributed by atoms with van der Waals surface area (Å²) in [5, 5.41) is 15.8. The first-order valence-electron chi connectivity index (χ1n) is 10.5. The van der Waals surface area contributed by atoms with E-state index in [0.29, 0.717) is 12.0 Å². The highest BCUT2D eigenvalue weighted by molar-refractivity contribution is 5.81. The molecule has 0 aromatic heterocycles. The summed E-state index contributed by atoms with van der Waals surface area (Å²) in [6.45, 7) is 10.4. The van der Waals surface area contributed by atoms with Gasteiger partial charge in [-0.1, -0.05) is 0 Å². The summed E-state index contributed by atoms with van der Waals surface area (Å²) in [6.07, 6.45) is -0.833. The van der Waals surface area contributed by atoms with E-state index >= 15 is 0 Å². The molecule has 0 radical (unpaired) electrons. The van der Waals surface area contributed by atoms with Gasteiger partial charge in [-0.25, -0.2) is 14.4 Å². The molecule has 2 N–H and O–H groups in total. The number of alkyl carbamates (subject to hydrolysis) is 2. The van der Waals surface area contributed by atoms with Crippen LogP contribution in [-0.2, 0) is 25.6 Å². The van der Waals surface area contributed by atoms with Crippen LogP contribution in [0.25, 0.3) is 0 Å². The van der Waals surface area contributed by atoms with Crippen LogP contribution in [0.4, 0.5) is 15.3 Å². The monoisotopic (exact) mass is 467 g/mol. The van der Waals surface area contributed by atoms with Gasteiger partial charge >= 0.3 is 18.2 Å². The van der Waals surface area contributed by atoms with E-state index in [1.165, 1.54) is 24.3 Å². The summed E-state index contributed by atoms with van der Waals surface area (Å²) in [6, 6.07) is 4.56. The van der Waals surface area contributed by atoms with Gasteiger partial charge in [0.2, 0.25) is 0 Å². The van der Waals surface area contributed by atoms with Crippen molar-refractivity contribution in [2.45, 2.75) is 78.2 Å². The molecule has 0 aliphatic carbocycles. The normalized spacial score (nSPS) is 12.3. The Labute approximate surface area is 193 Å². The standard InChI is InChI=1S/C22H33N3O8/c1-21(2,3)32-19(27)23-13-7-8-17(24-20(28)33-22(4,5)6)18(26)31-14-15-9-11-16(12-10-15)25(29)30/h9-12,17H,7-8,13-14H2,1-6H3,(H,23,27)(H,24,28)/t17-/m0/s1. The van der Waals surface area contributed by atoms with Gasteiger partial charge < -0.3 is 24.8 Å². The average molecular weight is 468 g/mol. The van der Waals surface area contributed by atoms with E-state index in [9.17, 15) is 24.5 Å². The van der Waals surface area contributed by atoms with Crippen LogP contribution in [0.3, 0.4) is 0 Å². The second-order valence-corrected chi connectivity index (χ2v) is 9.30. The molecule has 1 aromatic carbocycles. The molecule has 1 aromatic rings. The van der Waals surface area contributed by atoms with Crippen molar-refractivity contribution in [3.05, 3.63) is 39.9 Å². The zero-order valence-electron chi connectivity index (χ0n) is 19.9. The Bertz CT molecular complexity index is 826. The maximum absolute atomic E-state index is 12.6. The summed E-state index contributed by atoms with van der Waals surface area (Å²) in [4.78, 5) is 46.7. The van der Waals surface area contributed by atoms with Gasteiger partial charge in [0.15, 0.2) is 0 Å². The average Bonchev–Trinajstić information content (AvgIpc) is 2.66. The van der Waals surface area contributed by atoms with Crippen LogP contribution in [0.15, 0.2) is 24.3 Å². The third kappa shape index (κ3) is 12.3. The predicted molar refractivity (Wildman–Crippen MR) is 120 cm³/mol. The fourth-order valence-corrected chi connectivity index (χ4v) is 2.48. The molecule has 184 valence electrons. The lowest BCUT2D eigenvalue weighted by atomic mass is 10.1. The van der Waals surface area contributed by atoms with Crippen molar-refractivity contribution in [3.63, 3.8) is 0 Å². The molecule has 0 saturated carbocycles. The minimum atomic E-state index is -1.02. The Kier molecular flexibility index (Phi) is 10.1. The smallest absolute Gasteiger partial charge is 0.408 e. The molecule has 0 aliphatic rings. The molecule has 0 aliphatic heterocycles. The van der Waals surface area contributed by atoms with Crippen LogP contribution < -0.4 is 10.6 Å². The van der Waals surface area contributed by atoms with E-state index in [2.05, 4.69) is 10.6 Å². The number of nitrogens with one attached hydrogen (secondary N) is 2. The Morgan fingerprint density at radius 3 is 2.03 bits per heavy atom. The molecule has 2 amide bonds. The van der Waals surface area contributed by atoms with Crippen molar-refractivity contribution in [1.82, 2.24) is 10.6 Å². The van der Waals surface area contributed by atoms with Gasteiger partial charge in [0.05, 0.1) is 4.92 Å². The molecule has 0 heterocycles. The first kappa shape index (κ1) is 27.7. The van der Waals surface area contributed by atoms with E-state index in [1.807, 2.05) is 0 Å². The van der Waals surface area contributed by atoms with Crippen LogP contribution in [0.1, 0.15) is 59.9 Å². The van der Waals surface area contributed by atoms with Crippen molar-refractivity contribution in [2.75, 3.05) is 6.54 Å². The van der Waals surface area contributed by atoms with Gasteiger partial charge in [0, 0.05) is 18.7 Å². The Balaban J connectivity index is 2.67. The number of carbonyl (C=O) groups is 3. The topological polar surface area (TPSA) is 146 Å². The third-order valence-corrected chi connectivity index (χ3v) is 3.84. The Morgan fingerprint density at radius 1 is 0.970 bits per heavy atom. The van der Waals surface area contributed by atoms with Crippen LogP contribution >= 0.6 is 0 Å². The highest BCUT2D eigenvalue weighted by Gasteiger charge is 2.25. The quantitative estimate of drug-likeness (QED) is 0.183. The number of nitro benzene ring substituents is 1. The molecule has 11 nitrogen and oxygen atoms in total. The number of carbonyl (C=O) groups excluding carboxylic acids is 3. The number of esters is 1. The summed E-state index contributed by atoms with van der Waals surface area (Å²) in [5.41, 5.74) is -0.911. The molecule has 1 atom stereocenters. The van der Waals surface area contributed by atoms with Crippen molar-refractivity contribution in [1.29, 1.82) is 0 Å². The summed E-state index contributed by atoms with van der Waals surface area (Å²) >= 11 is 0. The van der Waals surface area contributed by atoms with E-state index in [-0.39, 0.29) is 25.3 Å². The van der Waals surface area contributed by atoms with Gasteiger partial charge in [-0.3, -0.25) is 10.1 Å². The van der Waals surface area contributed by atoms with Crippen molar-refractivity contribution < 1.29 is 33.5 Å². The number of amides is 2. The maximum atomic E-state index is 12.6. The van der Waals surface area contributed by atoms with Gasteiger partial charge in [0.25, 0.3) is 5.69 Å². The van der Waals surface area contributed by atoms with Crippen LogP contribution in [-0.4, -0.2) is 46.9 Å². The summed E-state index contributed by atoms with van der Waals surface area (Å²) in [5.74, 6) is -0.698. The van der Waals surface area contributed by atoms with Gasteiger partial charge in [-0.2, -0.15) is 0 Å². The number of non-ortho nitro benzene ring substituents is 1. The van der Waals surface area contributed by atoms with Crippen LogP contribution in [0.2, 0.25) is 0 Å². The number of rotatable bonds is 9. The predicted octanol–water partition coefficient (Wildman–Crippen LogP) is 3.84. The molecule has 0 fully saturated rings. The van der Waals surface area contributed by atoms with Crippen LogP contribution in [0, 0.1) is 10.1 Å². The molecule has 1 rings (SSSR count). The number of nitro groups is 1. The number of ether oxygens (including phenoxy) is 3. The molecule has 11 heteroatoms. The lowest BCUT2D eigenvalue weighted by Crippen LogP contribution is -2.44. The van der Waals surface area contributed by atoms with E-state index in [1.54, 1.807) is 41.5 Å². The summed E-state index contributed by atoms with van der Waals surface area (Å²) in [7, 11) is 0. The van der Waals surface area contributed by atoms with Gasteiger partial charge in [-0.15, -0.1) is 0 Å². The lowest BCUT2D eigenvalue weighted by molar-refractivity contribution is -0.384. The molecule has 0 unspecified atom stereocenters. The molecule has 0 spiro atoms. The zero-order valence-corrected chi connectivity index (χ0v) is 19.9. The van der Waals surface area contributed by atoms with Crippen LogP contribution in [0.5, 0.6) is 0 Å². The first-order chi connectivity index (χ1) is 15.2. The molecule has 0 saturated heterocycles. The minimum Gasteiger partial charge on any atom is -0.459 e. The van der Waals surface area contributed by atoms with Gasteiger partial charge in [0.1, 0.15) is 23.9 Å². The summed E-state index contributed by atoms with van der Waals surface area (Å²) < 4.78 is 15.6. The Morgan fingerprint density at radius 2 is 1.52 bits per heavy atom. The second-order valence-electron chi connectivity index (χ2n) is 9.30. The lowest BCUT2D eigenvalue weighted by Gasteiger charge is -2.23. The highest BCUT2D eigenvalue weighted by atomic mass is 16.6. The van der Waals surface area contributed by atoms with E-state index < -0.39 is 40.3 Å². The molecule has 0 bridgehead atoms.